The zero-order valence-electron chi connectivity index (χ0n) is 14.0. The number of amides is 3. The van der Waals surface area contributed by atoms with Gasteiger partial charge >= 0.3 is 6.03 Å². The van der Waals surface area contributed by atoms with Crippen LogP contribution in [0.4, 0.5) is 4.79 Å². The Bertz CT molecular complexity index is 735. The van der Waals surface area contributed by atoms with Crippen molar-refractivity contribution in [2.24, 2.45) is 0 Å². The molecular weight excluding hydrogens is 379 g/mol. The molecule has 1 aromatic carbocycles. The molecule has 140 valence electrons. The summed E-state index contributed by atoms with van der Waals surface area (Å²) in [6.07, 6.45) is 0.697. The number of hydrogen-bond donors (Lipinski definition) is 3. The number of carbonyl (C=O) groups is 2. The Morgan fingerprint density at radius 1 is 1.19 bits per heavy atom. The minimum Gasteiger partial charge on any atom is -0.390 e. The maximum absolute atomic E-state index is 12.5. The summed E-state index contributed by atoms with van der Waals surface area (Å²) in [5.41, 5.74) is 0.691. The lowest BCUT2D eigenvalue weighted by atomic mass is 10.2. The van der Waals surface area contributed by atoms with Gasteiger partial charge in [-0.25, -0.2) is 4.79 Å². The van der Waals surface area contributed by atoms with E-state index in [0.29, 0.717) is 22.2 Å². The summed E-state index contributed by atoms with van der Waals surface area (Å²) in [5.74, 6) is -0.486. The number of hydrogen-bond acceptors (Lipinski definition) is 5. The molecule has 2 saturated heterocycles. The highest BCUT2D eigenvalue weighted by atomic mass is 35.5. The van der Waals surface area contributed by atoms with Gasteiger partial charge in [-0.3, -0.25) is 14.6 Å². The molecule has 9 heteroatoms. The molecule has 7 nitrogen and oxygen atoms in total. The third-order valence-electron chi connectivity index (χ3n) is 4.30. The van der Waals surface area contributed by atoms with Crippen LogP contribution in [0, 0.1) is 0 Å². The van der Waals surface area contributed by atoms with E-state index >= 15 is 0 Å². The van der Waals surface area contributed by atoms with Crippen LogP contribution >= 0.6 is 23.2 Å². The molecule has 3 amide bonds. The molecule has 1 unspecified atom stereocenters. The number of nitrogens with zero attached hydrogens (tertiary/aromatic N) is 2. The summed E-state index contributed by atoms with van der Waals surface area (Å²) in [6, 6.07) is 4.33. The van der Waals surface area contributed by atoms with Crippen molar-refractivity contribution in [1.29, 1.82) is 0 Å². The maximum Gasteiger partial charge on any atom is 0.329 e. The number of benzene rings is 1. The lowest BCUT2D eigenvalue weighted by Crippen LogP contribution is -2.49. The highest BCUT2D eigenvalue weighted by Gasteiger charge is 2.35. The summed E-state index contributed by atoms with van der Waals surface area (Å²) >= 11 is 12.0. The minimum absolute atomic E-state index is 0.0553. The number of aliphatic hydroxyl groups excluding tert-OH is 1. The number of rotatable bonds is 5. The summed E-state index contributed by atoms with van der Waals surface area (Å²) in [5, 5.41) is 16.9. The van der Waals surface area contributed by atoms with Crippen molar-refractivity contribution in [3.05, 3.63) is 39.5 Å². The van der Waals surface area contributed by atoms with Gasteiger partial charge in [0, 0.05) is 42.8 Å². The van der Waals surface area contributed by atoms with E-state index in [1.165, 1.54) is 6.08 Å². The average Bonchev–Trinajstić information content (AvgIpc) is 2.86. The second kappa shape index (κ2) is 8.37. The van der Waals surface area contributed by atoms with Crippen molar-refractivity contribution in [1.82, 2.24) is 20.4 Å². The smallest absolute Gasteiger partial charge is 0.329 e. The predicted molar refractivity (Wildman–Crippen MR) is 100 cm³/mol. The van der Waals surface area contributed by atoms with E-state index in [9.17, 15) is 14.7 Å². The monoisotopic (exact) mass is 398 g/mol. The summed E-state index contributed by atoms with van der Waals surface area (Å²) in [6.45, 7) is 3.76. The average molecular weight is 399 g/mol. The fourth-order valence-corrected chi connectivity index (χ4v) is 3.43. The van der Waals surface area contributed by atoms with E-state index in [1.807, 2.05) is 0 Å². The fourth-order valence-electron chi connectivity index (χ4n) is 2.97. The van der Waals surface area contributed by atoms with E-state index in [-0.39, 0.29) is 12.2 Å². The summed E-state index contributed by atoms with van der Waals surface area (Å²) in [4.78, 5) is 27.7. The molecule has 3 N–H and O–H groups in total. The number of urea groups is 1. The SMILES string of the molecule is O=C1N/C(=C\c2ccc(Cl)cc2Cl)C(=O)N1CC(O)CN1CCNCC1. The predicted octanol–water partition coefficient (Wildman–Crippen LogP) is 1.15. The van der Waals surface area contributed by atoms with Gasteiger partial charge in [-0.2, -0.15) is 0 Å². The number of aliphatic hydroxyl groups is 1. The van der Waals surface area contributed by atoms with Gasteiger partial charge in [-0.15, -0.1) is 0 Å². The highest BCUT2D eigenvalue weighted by molar-refractivity contribution is 6.35. The zero-order valence-corrected chi connectivity index (χ0v) is 15.6. The molecule has 2 heterocycles. The van der Waals surface area contributed by atoms with E-state index < -0.39 is 18.0 Å². The fraction of sp³-hybridized carbons (Fsp3) is 0.412. The van der Waals surface area contributed by atoms with E-state index in [1.54, 1.807) is 18.2 Å². The number of carbonyl (C=O) groups excluding carboxylic acids is 2. The largest absolute Gasteiger partial charge is 0.390 e. The van der Waals surface area contributed by atoms with Gasteiger partial charge in [0.05, 0.1) is 12.6 Å². The van der Waals surface area contributed by atoms with Crippen molar-refractivity contribution >= 4 is 41.2 Å². The first kappa shape index (κ1) is 19.1. The molecule has 0 aromatic heterocycles. The molecule has 26 heavy (non-hydrogen) atoms. The molecule has 2 aliphatic rings. The van der Waals surface area contributed by atoms with Gasteiger partial charge in [0.2, 0.25) is 0 Å². The van der Waals surface area contributed by atoms with Crippen LogP contribution in [-0.4, -0.2) is 72.2 Å². The standard InChI is InChI=1S/C17H20Cl2N4O3/c18-12-2-1-11(14(19)8-12)7-15-16(25)23(17(26)21-15)10-13(24)9-22-5-3-20-4-6-22/h1-2,7-8,13,20,24H,3-6,9-10H2,(H,21,26)/b15-7-. The maximum atomic E-state index is 12.5. The minimum atomic E-state index is -0.804. The lowest BCUT2D eigenvalue weighted by Gasteiger charge is -2.29. The Hall–Kier alpha value is -1.64. The first-order valence-electron chi connectivity index (χ1n) is 8.35. The van der Waals surface area contributed by atoms with E-state index in [2.05, 4.69) is 15.5 Å². The molecule has 0 radical (unpaired) electrons. The van der Waals surface area contributed by atoms with Crippen LogP contribution in [-0.2, 0) is 4.79 Å². The van der Waals surface area contributed by atoms with Gasteiger partial charge in [-0.05, 0) is 23.8 Å². The van der Waals surface area contributed by atoms with Crippen molar-refractivity contribution in [2.75, 3.05) is 39.3 Å². The van der Waals surface area contributed by atoms with E-state index in [4.69, 9.17) is 23.2 Å². The van der Waals surface area contributed by atoms with Crippen LogP contribution in [0.1, 0.15) is 5.56 Å². The number of β-amino-alcohol motifs (C(OH)–C–C–N with tert-alkyl or cyclic N) is 1. The second-order valence-corrected chi connectivity index (χ2v) is 7.12. The highest BCUT2D eigenvalue weighted by Crippen LogP contribution is 2.24. The molecule has 0 saturated carbocycles. The second-order valence-electron chi connectivity index (χ2n) is 6.27. The Balaban J connectivity index is 1.65. The molecule has 3 rings (SSSR count). The van der Waals surface area contributed by atoms with Gasteiger partial charge < -0.3 is 15.7 Å². The Labute approximate surface area is 161 Å². The van der Waals surface area contributed by atoms with Crippen LogP contribution in [0.15, 0.2) is 23.9 Å². The first-order valence-corrected chi connectivity index (χ1v) is 9.10. The van der Waals surface area contributed by atoms with Gasteiger partial charge in [-0.1, -0.05) is 29.3 Å². The van der Waals surface area contributed by atoms with Gasteiger partial charge in [0.1, 0.15) is 5.70 Å². The molecule has 2 aliphatic heterocycles. The molecule has 0 bridgehead atoms. The summed E-state index contributed by atoms with van der Waals surface area (Å²) < 4.78 is 0. The topological polar surface area (TPSA) is 84.9 Å². The van der Waals surface area contributed by atoms with Crippen LogP contribution < -0.4 is 10.6 Å². The van der Waals surface area contributed by atoms with Crippen LogP contribution in [0.25, 0.3) is 6.08 Å². The van der Waals surface area contributed by atoms with Crippen LogP contribution in [0.3, 0.4) is 0 Å². The summed E-state index contributed by atoms with van der Waals surface area (Å²) in [7, 11) is 0. The van der Waals surface area contributed by atoms with Crippen molar-refractivity contribution in [3.63, 3.8) is 0 Å². The number of imide groups is 1. The number of nitrogens with one attached hydrogen (secondary N) is 2. The zero-order chi connectivity index (χ0) is 18.7. The van der Waals surface area contributed by atoms with Crippen molar-refractivity contribution in [2.45, 2.75) is 6.10 Å². The van der Waals surface area contributed by atoms with Gasteiger partial charge in [0.25, 0.3) is 5.91 Å². The third-order valence-corrected chi connectivity index (χ3v) is 4.86. The number of halogens is 2. The van der Waals surface area contributed by atoms with Crippen molar-refractivity contribution in [3.8, 4) is 0 Å². The number of piperazine rings is 1. The molecule has 1 aromatic rings. The van der Waals surface area contributed by atoms with Crippen molar-refractivity contribution < 1.29 is 14.7 Å². The molecule has 2 fully saturated rings. The Kier molecular flexibility index (Phi) is 6.16. The normalized spacial score (nSPS) is 21.3. The van der Waals surface area contributed by atoms with E-state index in [0.717, 1.165) is 31.1 Å². The first-order chi connectivity index (χ1) is 12.4. The quantitative estimate of drug-likeness (QED) is 0.511. The molecule has 1 atom stereocenters. The van der Waals surface area contributed by atoms with Crippen LogP contribution in [0.5, 0.6) is 0 Å². The molecule has 0 spiro atoms. The van der Waals surface area contributed by atoms with Gasteiger partial charge in [0.15, 0.2) is 0 Å². The third kappa shape index (κ3) is 4.55. The molecular formula is C17H20Cl2N4O3. The Morgan fingerprint density at radius 3 is 2.62 bits per heavy atom. The Morgan fingerprint density at radius 2 is 1.92 bits per heavy atom. The van der Waals surface area contributed by atoms with Crippen LogP contribution in [0.2, 0.25) is 10.0 Å². The lowest BCUT2D eigenvalue weighted by molar-refractivity contribution is -0.124. The molecule has 0 aliphatic carbocycles.